The second kappa shape index (κ2) is 9.73. The highest BCUT2D eigenvalue weighted by Gasteiger charge is 2.36. The van der Waals surface area contributed by atoms with Crippen LogP contribution in [0, 0.1) is 12.8 Å². The van der Waals surface area contributed by atoms with Crippen LogP contribution in [0.15, 0.2) is 35.5 Å². The van der Waals surface area contributed by atoms with E-state index in [2.05, 4.69) is 21.8 Å². The summed E-state index contributed by atoms with van der Waals surface area (Å²) in [5, 5.41) is 15.1. The minimum atomic E-state index is -4.63. The van der Waals surface area contributed by atoms with Gasteiger partial charge >= 0.3 is 6.18 Å². The SMILES string of the molecule is C=NCC1CN(c2nc3cc(C4CCCCN4C(=O)c4cccc(C(F)(F)F)n4)nn3cc2C)CC1O. The first kappa shape index (κ1) is 25.1. The number of fused-ring (bicyclic) bond motifs is 1. The number of pyridine rings is 1. The predicted molar refractivity (Wildman–Crippen MR) is 131 cm³/mol. The number of hydrogen-bond acceptors (Lipinski definition) is 7. The van der Waals surface area contributed by atoms with Gasteiger partial charge in [-0.2, -0.15) is 18.3 Å². The van der Waals surface area contributed by atoms with E-state index >= 15 is 0 Å². The lowest BCUT2D eigenvalue weighted by molar-refractivity contribution is -0.141. The molecule has 0 aromatic carbocycles. The maximum atomic E-state index is 13.3. The van der Waals surface area contributed by atoms with Crippen LogP contribution in [0.2, 0.25) is 0 Å². The Morgan fingerprint density at radius 3 is 2.81 bits per heavy atom. The molecule has 5 heterocycles. The van der Waals surface area contributed by atoms with Crippen LogP contribution in [0.5, 0.6) is 0 Å². The Morgan fingerprint density at radius 2 is 2.05 bits per heavy atom. The van der Waals surface area contributed by atoms with Crippen molar-refractivity contribution in [2.45, 2.75) is 44.5 Å². The number of anilines is 1. The monoisotopic (exact) mass is 515 g/mol. The zero-order valence-corrected chi connectivity index (χ0v) is 20.4. The molecule has 3 atom stereocenters. The van der Waals surface area contributed by atoms with Gasteiger partial charge < -0.3 is 19.9 Å². The van der Waals surface area contributed by atoms with E-state index in [9.17, 15) is 23.1 Å². The number of carbonyl (C=O) groups excluding carboxylic acids is 1. The molecule has 0 spiro atoms. The fraction of sp³-hybridized carbons (Fsp3) is 0.480. The maximum Gasteiger partial charge on any atom is 0.433 e. The zero-order valence-electron chi connectivity index (χ0n) is 20.4. The number of carbonyl (C=O) groups is 1. The quantitative estimate of drug-likeness (QED) is 0.524. The topological polar surface area (TPSA) is 99.2 Å². The van der Waals surface area contributed by atoms with Gasteiger partial charge in [0.15, 0.2) is 5.65 Å². The van der Waals surface area contributed by atoms with Gasteiger partial charge in [0.2, 0.25) is 0 Å². The molecule has 12 heteroatoms. The standard InChI is InChI=1S/C25H28F3N7O2/c1-15-12-35-22(31-23(15)33-13-16(11-29-2)20(36)14-33)10-18(32-35)19-7-3-4-9-34(19)24(37)17-6-5-8-21(30-17)25(26,27)28/h5-6,8,10,12,16,19-20,36H,2-4,7,9,11,13-14H2,1H3. The second-order valence-electron chi connectivity index (χ2n) is 9.67. The number of nitrogens with zero attached hydrogens (tertiary/aromatic N) is 7. The molecule has 3 aromatic heterocycles. The van der Waals surface area contributed by atoms with E-state index in [-0.39, 0.29) is 11.6 Å². The number of aryl methyl sites for hydroxylation is 1. The van der Waals surface area contributed by atoms with Gasteiger partial charge in [0.05, 0.1) is 17.8 Å². The van der Waals surface area contributed by atoms with Crippen molar-refractivity contribution in [1.82, 2.24) is 24.5 Å². The summed E-state index contributed by atoms with van der Waals surface area (Å²) in [6, 6.07) is 4.78. The number of likely N-dealkylation sites (tertiary alicyclic amines) is 1. The molecule has 2 saturated heterocycles. The molecule has 0 radical (unpaired) electrons. The molecule has 0 bridgehead atoms. The van der Waals surface area contributed by atoms with Gasteiger partial charge in [-0.05, 0) is 45.0 Å². The molecule has 37 heavy (non-hydrogen) atoms. The van der Waals surface area contributed by atoms with Crippen molar-refractivity contribution in [3.8, 4) is 0 Å². The normalized spacial score (nSPS) is 22.6. The molecular weight excluding hydrogens is 487 g/mol. The van der Waals surface area contributed by atoms with Crippen molar-refractivity contribution < 1.29 is 23.1 Å². The highest BCUT2D eigenvalue weighted by atomic mass is 19.4. The first-order valence-corrected chi connectivity index (χ1v) is 12.2. The number of amides is 1. The number of rotatable bonds is 5. The molecule has 2 aliphatic rings. The summed E-state index contributed by atoms with van der Waals surface area (Å²) in [4.78, 5) is 29.2. The number of β-amino-alcohol motifs (C(OH)–C–C–N with tert-alkyl or cyclic N) is 1. The van der Waals surface area contributed by atoms with Crippen molar-refractivity contribution in [2.24, 2.45) is 10.9 Å². The van der Waals surface area contributed by atoms with E-state index < -0.39 is 29.9 Å². The lowest BCUT2D eigenvalue weighted by Crippen LogP contribution is -2.39. The molecule has 3 unspecified atom stereocenters. The molecule has 2 fully saturated rings. The fourth-order valence-corrected chi connectivity index (χ4v) is 5.22. The number of aliphatic hydroxyl groups is 1. The van der Waals surface area contributed by atoms with Gasteiger partial charge in [0.25, 0.3) is 5.91 Å². The third-order valence-electron chi connectivity index (χ3n) is 7.06. The molecule has 0 saturated carbocycles. The Bertz CT molecular complexity index is 1330. The van der Waals surface area contributed by atoms with E-state index in [1.165, 1.54) is 12.1 Å². The highest BCUT2D eigenvalue weighted by Crippen LogP contribution is 2.34. The molecule has 0 aliphatic carbocycles. The summed E-state index contributed by atoms with van der Waals surface area (Å²) in [5.41, 5.74) is 0.763. The molecular formula is C25H28F3N7O2. The molecule has 1 N–H and O–H groups in total. The lowest BCUT2D eigenvalue weighted by atomic mass is 9.99. The van der Waals surface area contributed by atoms with Crippen LogP contribution in [-0.4, -0.2) is 74.5 Å². The van der Waals surface area contributed by atoms with Gasteiger partial charge in [-0.3, -0.25) is 4.79 Å². The summed E-state index contributed by atoms with van der Waals surface area (Å²) in [7, 11) is 0. The number of piperidine rings is 1. The summed E-state index contributed by atoms with van der Waals surface area (Å²) in [6.07, 6.45) is -1.05. The van der Waals surface area contributed by atoms with Crippen molar-refractivity contribution in [1.29, 1.82) is 0 Å². The lowest BCUT2D eigenvalue weighted by Gasteiger charge is -2.34. The average molecular weight is 516 g/mol. The molecule has 2 aliphatic heterocycles. The zero-order chi connectivity index (χ0) is 26.3. The third kappa shape index (κ3) is 4.89. The molecule has 3 aromatic rings. The third-order valence-corrected chi connectivity index (χ3v) is 7.06. The summed E-state index contributed by atoms with van der Waals surface area (Å²) >= 11 is 0. The highest BCUT2D eigenvalue weighted by molar-refractivity contribution is 5.92. The predicted octanol–water partition coefficient (Wildman–Crippen LogP) is 3.32. The number of aliphatic hydroxyl groups excluding tert-OH is 1. The van der Waals surface area contributed by atoms with Crippen LogP contribution >= 0.6 is 0 Å². The van der Waals surface area contributed by atoms with Crippen LogP contribution in [0.4, 0.5) is 19.0 Å². The molecule has 9 nitrogen and oxygen atoms in total. The van der Waals surface area contributed by atoms with E-state index in [1.54, 1.807) is 9.42 Å². The van der Waals surface area contributed by atoms with E-state index in [0.717, 1.165) is 30.3 Å². The van der Waals surface area contributed by atoms with Crippen LogP contribution in [-0.2, 0) is 6.18 Å². The second-order valence-corrected chi connectivity index (χ2v) is 9.67. The van der Waals surface area contributed by atoms with Crippen LogP contribution in [0.1, 0.15) is 52.7 Å². The Hall–Kier alpha value is -3.54. The minimum absolute atomic E-state index is 0.0123. The Labute approximate surface area is 211 Å². The Balaban J connectivity index is 1.43. The van der Waals surface area contributed by atoms with Gasteiger partial charge in [0, 0.05) is 49.9 Å². The largest absolute Gasteiger partial charge is 0.433 e. The number of aromatic nitrogens is 4. The number of hydrogen-bond donors (Lipinski definition) is 1. The smallest absolute Gasteiger partial charge is 0.391 e. The summed E-state index contributed by atoms with van der Waals surface area (Å²) in [6.45, 7) is 7.38. The van der Waals surface area contributed by atoms with Crippen molar-refractivity contribution in [3.63, 3.8) is 0 Å². The fourth-order valence-electron chi connectivity index (χ4n) is 5.22. The first-order valence-electron chi connectivity index (χ1n) is 12.2. The van der Waals surface area contributed by atoms with Crippen molar-refractivity contribution >= 4 is 24.1 Å². The Kier molecular flexibility index (Phi) is 6.61. The van der Waals surface area contributed by atoms with E-state index in [1.807, 2.05) is 24.1 Å². The Morgan fingerprint density at radius 1 is 1.24 bits per heavy atom. The molecule has 1 amide bonds. The first-order chi connectivity index (χ1) is 17.7. The molecule has 5 rings (SSSR count). The van der Waals surface area contributed by atoms with Crippen LogP contribution < -0.4 is 4.90 Å². The van der Waals surface area contributed by atoms with Gasteiger partial charge in [-0.15, -0.1) is 0 Å². The van der Waals surface area contributed by atoms with E-state index in [0.29, 0.717) is 43.9 Å². The molecule has 196 valence electrons. The van der Waals surface area contributed by atoms with Gasteiger partial charge in [0.1, 0.15) is 17.2 Å². The van der Waals surface area contributed by atoms with Gasteiger partial charge in [-0.25, -0.2) is 14.5 Å². The van der Waals surface area contributed by atoms with Crippen molar-refractivity contribution in [2.75, 3.05) is 31.1 Å². The summed E-state index contributed by atoms with van der Waals surface area (Å²) < 4.78 is 41.1. The van der Waals surface area contributed by atoms with Crippen molar-refractivity contribution in [3.05, 3.63) is 53.1 Å². The maximum absolute atomic E-state index is 13.3. The number of aliphatic imine (C=N–C) groups is 1. The van der Waals surface area contributed by atoms with E-state index in [4.69, 9.17) is 4.98 Å². The van der Waals surface area contributed by atoms with Crippen LogP contribution in [0.25, 0.3) is 5.65 Å². The number of alkyl halides is 3. The number of halogens is 3. The minimum Gasteiger partial charge on any atom is -0.391 e. The average Bonchev–Trinajstić information content (AvgIpc) is 3.45. The van der Waals surface area contributed by atoms with Gasteiger partial charge in [-0.1, -0.05) is 6.07 Å². The van der Waals surface area contributed by atoms with Crippen LogP contribution in [0.3, 0.4) is 0 Å². The summed E-state index contributed by atoms with van der Waals surface area (Å²) in [5.74, 6) is 0.182.